The first-order valence-electron chi connectivity index (χ1n) is 11.3. The van der Waals surface area contributed by atoms with Gasteiger partial charge in [-0.2, -0.15) is 0 Å². The van der Waals surface area contributed by atoms with Crippen LogP contribution < -0.4 is 11.5 Å². The van der Waals surface area contributed by atoms with Crippen LogP contribution in [0.3, 0.4) is 0 Å². The molecule has 0 saturated carbocycles. The Morgan fingerprint density at radius 3 is 2.43 bits per heavy atom. The van der Waals surface area contributed by atoms with Crippen molar-refractivity contribution >= 4 is 56.4 Å². The minimum atomic E-state index is -1.31. The molecule has 0 spiro atoms. The molecule has 0 aromatic carbocycles. The number of Topliss-reactive ketones (excluding diaryl/α,β-unsaturated/α-hetero) is 2. The third-order valence-electron chi connectivity index (χ3n) is 6.57. The SMILES string of the molecule is Nc1c(-c2c(N)n(C3=CCCC=C3)c3ccncc23)n(C2=C(O)C(=O)C(O)=C(O)C2=O)c2cccnc12. The molecule has 0 amide bonds. The molecule has 2 aliphatic rings. The highest BCUT2D eigenvalue weighted by molar-refractivity contribution is 6.35. The van der Waals surface area contributed by atoms with E-state index >= 15 is 0 Å². The van der Waals surface area contributed by atoms with Gasteiger partial charge in [-0.25, -0.2) is 0 Å². The van der Waals surface area contributed by atoms with Crippen LogP contribution in [0.2, 0.25) is 0 Å². The molecule has 2 aliphatic carbocycles. The summed E-state index contributed by atoms with van der Waals surface area (Å²) in [6.07, 6.45) is 12.5. The molecule has 6 rings (SSSR count). The summed E-state index contributed by atoms with van der Waals surface area (Å²) in [7, 11) is 0. The molecule has 7 N–H and O–H groups in total. The number of carbonyl (C=O) groups excluding carboxylic acids is 2. The first kappa shape index (κ1) is 22.2. The van der Waals surface area contributed by atoms with Crippen molar-refractivity contribution in [1.29, 1.82) is 0 Å². The van der Waals surface area contributed by atoms with Crippen molar-refractivity contribution in [2.75, 3.05) is 11.5 Å². The minimum Gasteiger partial charge on any atom is -0.502 e. The fraction of sp³-hybridized carbons (Fsp3) is 0.0769. The van der Waals surface area contributed by atoms with E-state index in [0.29, 0.717) is 16.5 Å². The summed E-state index contributed by atoms with van der Waals surface area (Å²) < 4.78 is 3.08. The zero-order valence-electron chi connectivity index (χ0n) is 19.2. The van der Waals surface area contributed by atoms with Crippen LogP contribution >= 0.6 is 0 Å². The number of nitrogens with two attached hydrogens (primary N) is 2. The first-order chi connectivity index (χ1) is 17.8. The number of anilines is 2. The van der Waals surface area contributed by atoms with Crippen molar-refractivity contribution in [2.45, 2.75) is 12.8 Å². The van der Waals surface area contributed by atoms with Crippen LogP contribution in [0.5, 0.6) is 0 Å². The summed E-state index contributed by atoms with van der Waals surface area (Å²) in [4.78, 5) is 34.2. The Morgan fingerprint density at radius 2 is 1.68 bits per heavy atom. The summed E-state index contributed by atoms with van der Waals surface area (Å²) in [5.41, 5.74) is 15.5. The summed E-state index contributed by atoms with van der Waals surface area (Å²) in [6.45, 7) is 0. The standard InChI is InChI=1S/C26H20N6O5/c27-17-18-15(7-4-9-30-18)32(20-21(33)23(35)25(37)24(36)22(20)34)19(17)16-13-11-29-10-8-14(13)31(26(16)28)12-5-2-1-3-6-12/h2,4-11,33,36-37H,1,3,27-28H2. The molecule has 184 valence electrons. The molecule has 0 bridgehead atoms. The Kier molecular flexibility index (Phi) is 4.70. The highest BCUT2D eigenvalue weighted by Crippen LogP contribution is 2.46. The molecule has 4 aromatic rings. The smallest absolute Gasteiger partial charge is 0.267 e. The van der Waals surface area contributed by atoms with Gasteiger partial charge in [0.05, 0.1) is 28.0 Å². The largest absolute Gasteiger partial charge is 0.502 e. The predicted octanol–water partition coefficient (Wildman–Crippen LogP) is 3.61. The summed E-state index contributed by atoms with van der Waals surface area (Å²) in [5, 5.41) is 31.4. The van der Waals surface area contributed by atoms with Crippen LogP contribution in [-0.4, -0.2) is 46.0 Å². The van der Waals surface area contributed by atoms with Gasteiger partial charge in [0, 0.05) is 29.7 Å². The van der Waals surface area contributed by atoms with Crippen molar-refractivity contribution in [1.82, 2.24) is 19.1 Å². The summed E-state index contributed by atoms with van der Waals surface area (Å²) in [5.74, 6) is -5.70. The molecule has 11 nitrogen and oxygen atoms in total. The zero-order valence-corrected chi connectivity index (χ0v) is 19.2. The van der Waals surface area contributed by atoms with E-state index in [4.69, 9.17) is 11.5 Å². The van der Waals surface area contributed by atoms with E-state index in [1.165, 1.54) is 10.8 Å². The lowest BCUT2D eigenvalue weighted by atomic mass is 10.0. The number of nitrogen functional groups attached to an aromatic ring is 2. The number of aliphatic hydroxyl groups is 3. The van der Waals surface area contributed by atoms with Crippen LogP contribution in [0.15, 0.2) is 72.3 Å². The Bertz CT molecular complexity index is 1820. The maximum absolute atomic E-state index is 13.1. The number of rotatable bonds is 3. The van der Waals surface area contributed by atoms with Gasteiger partial charge in [0.2, 0.25) is 11.5 Å². The quantitative estimate of drug-likeness (QED) is 0.264. The molecular formula is C26H20N6O5. The summed E-state index contributed by atoms with van der Waals surface area (Å²) in [6, 6.07) is 4.97. The van der Waals surface area contributed by atoms with Crippen molar-refractivity contribution in [2.24, 2.45) is 0 Å². The van der Waals surface area contributed by atoms with Gasteiger partial charge >= 0.3 is 0 Å². The molecule has 0 radical (unpaired) electrons. The van der Waals surface area contributed by atoms with E-state index in [-0.39, 0.29) is 28.2 Å². The molecule has 4 heterocycles. The molecule has 0 aliphatic heterocycles. The molecule has 4 aromatic heterocycles. The molecule has 0 unspecified atom stereocenters. The average molecular weight is 496 g/mol. The lowest BCUT2D eigenvalue weighted by Crippen LogP contribution is -2.26. The highest BCUT2D eigenvalue weighted by Gasteiger charge is 2.39. The number of carbonyl (C=O) groups is 2. The van der Waals surface area contributed by atoms with Crippen LogP contribution in [0.1, 0.15) is 12.8 Å². The number of aromatic nitrogens is 4. The second-order valence-electron chi connectivity index (χ2n) is 8.62. The number of hydrogen-bond donors (Lipinski definition) is 5. The highest BCUT2D eigenvalue weighted by atomic mass is 16.3. The molecule has 11 heteroatoms. The van der Waals surface area contributed by atoms with E-state index in [0.717, 1.165) is 18.5 Å². The zero-order chi connectivity index (χ0) is 26.0. The van der Waals surface area contributed by atoms with Crippen LogP contribution in [0.25, 0.3) is 44.6 Å². The fourth-order valence-corrected chi connectivity index (χ4v) is 4.93. The minimum absolute atomic E-state index is 0.122. The van der Waals surface area contributed by atoms with Gasteiger partial charge in [-0.1, -0.05) is 12.2 Å². The predicted molar refractivity (Wildman–Crippen MR) is 138 cm³/mol. The molecule has 37 heavy (non-hydrogen) atoms. The third kappa shape index (κ3) is 2.94. The number of aliphatic hydroxyl groups excluding tert-OH is 3. The average Bonchev–Trinajstić information content (AvgIpc) is 3.37. The Hall–Kier alpha value is -5.32. The van der Waals surface area contributed by atoms with Gasteiger partial charge in [0.1, 0.15) is 17.0 Å². The van der Waals surface area contributed by atoms with Gasteiger partial charge in [-0.05, 0) is 37.1 Å². The molecule has 0 fully saturated rings. The second-order valence-corrected chi connectivity index (χ2v) is 8.62. The van der Waals surface area contributed by atoms with Gasteiger partial charge in [-0.15, -0.1) is 0 Å². The molecular weight excluding hydrogens is 476 g/mol. The number of allylic oxidation sites excluding steroid dienone is 5. The lowest BCUT2D eigenvalue weighted by Gasteiger charge is -2.19. The number of fused-ring (bicyclic) bond motifs is 2. The second kappa shape index (κ2) is 7.85. The number of ketones is 2. The number of hydrogen-bond acceptors (Lipinski definition) is 9. The first-order valence-corrected chi connectivity index (χ1v) is 11.3. The number of pyridine rings is 2. The van der Waals surface area contributed by atoms with Gasteiger partial charge in [-0.3, -0.25) is 28.7 Å². The van der Waals surface area contributed by atoms with Crippen LogP contribution in [0, 0.1) is 0 Å². The topological polar surface area (TPSA) is 183 Å². The summed E-state index contributed by atoms with van der Waals surface area (Å²) >= 11 is 0. The molecule has 0 atom stereocenters. The number of nitrogens with zero attached hydrogens (tertiary/aromatic N) is 4. The van der Waals surface area contributed by atoms with Gasteiger partial charge < -0.3 is 26.8 Å². The monoisotopic (exact) mass is 496 g/mol. The normalized spacial score (nSPS) is 16.4. The van der Waals surface area contributed by atoms with Crippen molar-refractivity contribution in [3.05, 3.63) is 72.3 Å². The van der Waals surface area contributed by atoms with Crippen LogP contribution in [-0.2, 0) is 9.59 Å². The maximum atomic E-state index is 13.1. The van der Waals surface area contributed by atoms with E-state index in [1.807, 2.05) is 22.8 Å². The lowest BCUT2D eigenvalue weighted by molar-refractivity contribution is -0.121. The van der Waals surface area contributed by atoms with E-state index in [2.05, 4.69) is 9.97 Å². The van der Waals surface area contributed by atoms with Crippen molar-refractivity contribution in [3.63, 3.8) is 0 Å². The van der Waals surface area contributed by atoms with Crippen molar-refractivity contribution < 1.29 is 24.9 Å². The van der Waals surface area contributed by atoms with Crippen molar-refractivity contribution in [3.8, 4) is 11.3 Å². The van der Waals surface area contributed by atoms with Gasteiger partial charge in [0.15, 0.2) is 5.76 Å². The van der Waals surface area contributed by atoms with Crippen LogP contribution in [0.4, 0.5) is 11.5 Å². The molecule has 0 saturated heterocycles. The Labute approximate surface area is 208 Å². The van der Waals surface area contributed by atoms with E-state index in [9.17, 15) is 24.9 Å². The Morgan fingerprint density at radius 1 is 0.892 bits per heavy atom. The fourth-order valence-electron chi connectivity index (χ4n) is 4.93. The van der Waals surface area contributed by atoms with E-state index < -0.39 is 34.5 Å². The van der Waals surface area contributed by atoms with E-state index in [1.54, 1.807) is 30.6 Å². The van der Waals surface area contributed by atoms with Gasteiger partial charge in [0.25, 0.3) is 11.6 Å². The Balaban J connectivity index is 1.77. The third-order valence-corrected chi connectivity index (χ3v) is 6.57. The maximum Gasteiger partial charge on any atom is 0.267 e.